The maximum absolute atomic E-state index is 11.6. The number of rotatable bonds is 6. The van der Waals surface area contributed by atoms with Gasteiger partial charge in [-0.3, -0.25) is 4.79 Å². The van der Waals surface area contributed by atoms with E-state index in [1.165, 1.54) is 0 Å². The van der Waals surface area contributed by atoms with E-state index in [0.717, 1.165) is 5.56 Å². The quantitative estimate of drug-likeness (QED) is 0.743. The van der Waals surface area contributed by atoms with Crippen LogP contribution in [0.5, 0.6) is 11.5 Å². The van der Waals surface area contributed by atoms with Crippen LogP contribution in [0, 0.1) is 0 Å². The van der Waals surface area contributed by atoms with Crippen molar-refractivity contribution < 1.29 is 19.4 Å². The third-order valence-corrected chi connectivity index (χ3v) is 3.62. The Balaban J connectivity index is 2.03. The molecule has 23 heavy (non-hydrogen) atoms. The number of anilines is 1. The highest BCUT2D eigenvalue weighted by molar-refractivity contribution is 5.96. The number of hydrogen-bond donors (Lipinski definition) is 3. The highest BCUT2D eigenvalue weighted by atomic mass is 16.5. The van der Waals surface area contributed by atoms with Crippen LogP contribution < -0.4 is 20.1 Å². The monoisotopic (exact) mass is 322 g/mol. The second-order valence-electron chi connectivity index (χ2n) is 6.76. The molecule has 1 aromatic carbocycles. The number of β-amino-alcohol motifs (C(OH)–C–C–N with tert-alkyl or cyclic N) is 1. The predicted molar refractivity (Wildman–Crippen MR) is 89.2 cm³/mol. The number of fused-ring (bicyclic) bond motifs is 1. The van der Waals surface area contributed by atoms with Crippen LogP contribution in [0.15, 0.2) is 12.1 Å². The molecule has 1 atom stereocenters. The average molecular weight is 322 g/mol. The van der Waals surface area contributed by atoms with Crippen LogP contribution in [0.1, 0.15) is 32.8 Å². The topological polar surface area (TPSA) is 79.8 Å². The molecule has 0 fully saturated rings. The summed E-state index contributed by atoms with van der Waals surface area (Å²) in [7, 11) is 1.57. The van der Waals surface area contributed by atoms with Crippen molar-refractivity contribution in [2.75, 3.05) is 25.6 Å². The molecule has 0 radical (unpaired) electrons. The zero-order chi connectivity index (χ0) is 17.0. The van der Waals surface area contributed by atoms with Gasteiger partial charge in [0, 0.05) is 24.1 Å². The van der Waals surface area contributed by atoms with Gasteiger partial charge in [-0.15, -0.1) is 0 Å². The summed E-state index contributed by atoms with van der Waals surface area (Å²) in [4.78, 5) is 11.6. The zero-order valence-corrected chi connectivity index (χ0v) is 14.2. The van der Waals surface area contributed by atoms with E-state index in [1.807, 2.05) is 26.8 Å². The van der Waals surface area contributed by atoms with Crippen molar-refractivity contribution in [3.63, 3.8) is 0 Å². The predicted octanol–water partition coefficient (Wildman–Crippen LogP) is 1.71. The summed E-state index contributed by atoms with van der Waals surface area (Å²) in [5.74, 6) is 1.27. The fraction of sp³-hybridized carbons (Fsp3) is 0.588. The van der Waals surface area contributed by atoms with E-state index < -0.39 is 6.10 Å². The van der Waals surface area contributed by atoms with Crippen LogP contribution >= 0.6 is 0 Å². The Labute approximate surface area is 137 Å². The molecule has 128 valence electrons. The summed E-state index contributed by atoms with van der Waals surface area (Å²) in [6, 6.07) is 3.58. The number of nitrogens with one attached hydrogen (secondary N) is 2. The highest BCUT2D eigenvalue weighted by Gasteiger charge is 2.23. The van der Waals surface area contributed by atoms with Gasteiger partial charge in [0.25, 0.3) is 0 Å². The van der Waals surface area contributed by atoms with Gasteiger partial charge in [0.05, 0.1) is 12.8 Å². The van der Waals surface area contributed by atoms with E-state index >= 15 is 0 Å². The molecule has 0 saturated heterocycles. The first kappa shape index (κ1) is 17.6. The van der Waals surface area contributed by atoms with Gasteiger partial charge in [-0.25, -0.2) is 0 Å². The van der Waals surface area contributed by atoms with Gasteiger partial charge < -0.3 is 25.2 Å². The molecule has 1 unspecified atom stereocenters. The van der Waals surface area contributed by atoms with Gasteiger partial charge in [0.1, 0.15) is 24.2 Å². The Hall–Kier alpha value is -1.79. The fourth-order valence-corrected chi connectivity index (χ4v) is 2.41. The molecule has 0 spiro atoms. The molecule has 0 aromatic heterocycles. The maximum Gasteiger partial charge on any atom is 0.224 e. The summed E-state index contributed by atoms with van der Waals surface area (Å²) in [5.41, 5.74) is 1.54. The van der Waals surface area contributed by atoms with Gasteiger partial charge in [-0.1, -0.05) is 0 Å². The molecule has 1 heterocycles. The molecule has 1 aromatic rings. The van der Waals surface area contributed by atoms with Gasteiger partial charge >= 0.3 is 0 Å². The van der Waals surface area contributed by atoms with Crippen molar-refractivity contribution in [3.8, 4) is 11.5 Å². The first-order valence-corrected chi connectivity index (χ1v) is 7.86. The summed E-state index contributed by atoms with van der Waals surface area (Å²) >= 11 is 0. The Morgan fingerprint density at radius 3 is 2.65 bits per heavy atom. The van der Waals surface area contributed by atoms with Gasteiger partial charge in [-0.05, 0) is 39.3 Å². The van der Waals surface area contributed by atoms with E-state index in [1.54, 1.807) is 13.2 Å². The SMILES string of the molecule is COc1ccc(OCC(O)CNC(C)(C)C)c2c1NC(=O)CC2. The Morgan fingerprint density at radius 2 is 2.00 bits per heavy atom. The minimum atomic E-state index is -0.606. The number of aliphatic hydroxyl groups is 1. The van der Waals surface area contributed by atoms with Crippen LogP contribution in [-0.4, -0.2) is 42.9 Å². The van der Waals surface area contributed by atoms with Crippen molar-refractivity contribution in [2.45, 2.75) is 45.3 Å². The van der Waals surface area contributed by atoms with Crippen LogP contribution in [-0.2, 0) is 11.2 Å². The zero-order valence-electron chi connectivity index (χ0n) is 14.2. The van der Waals surface area contributed by atoms with Crippen LogP contribution in [0.25, 0.3) is 0 Å². The number of hydrogen-bond acceptors (Lipinski definition) is 5. The number of methoxy groups -OCH3 is 1. The molecule has 3 N–H and O–H groups in total. The number of benzene rings is 1. The lowest BCUT2D eigenvalue weighted by Gasteiger charge is -2.25. The minimum absolute atomic E-state index is 0.0256. The molecule has 1 aliphatic rings. The third-order valence-electron chi connectivity index (χ3n) is 3.62. The van der Waals surface area contributed by atoms with Crippen molar-refractivity contribution in [3.05, 3.63) is 17.7 Å². The van der Waals surface area contributed by atoms with Crippen molar-refractivity contribution >= 4 is 11.6 Å². The second kappa shape index (κ2) is 7.19. The Kier molecular flexibility index (Phi) is 5.49. The molecule has 0 saturated carbocycles. The van der Waals surface area contributed by atoms with Crippen LogP contribution in [0.2, 0.25) is 0 Å². The van der Waals surface area contributed by atoms with E-state index in [0.29, 0.717) is 36.6 Å². The number of amides is 1. The summed E-state index contributed by atoms with van der Waals surface area (Å²) in [6.45, 7) is 6.78. The lowest BCUT2D eigenvalue weighted by atomic mass is 10.0. The number of carbonyl (C=O) groups excluding carboxylic acids is 1. The number of ether oxygens (including phenoxy) is 2. The number of aliphatic hydroxyl groups excluding tert-OH is 1. The first-order chi connectivity index (χ1) is 10.8. The van der Waals surface area contributed by atoms with E-state index in [4.69, 9.17) is 9.47 Å². The average Bonchev–Trinajstić information content (AvgIpc) is 2.49. The fourth-order valence-electron chi connectivity index (χ4n) is 2.41. The minimum Gasteiger partial charge on any atom is -0.495 e. The van der Waals surface area contributed by atoms with Crippen LogP contribution in [0.4, 0.5) is 5.69 Å². The normalized spacial score (nSPS) is 15.6. The first-order valence-electron chi connectivity index (χ1n) is 7.86. The summed E-state index contributed by atoms with van der Waals surface area (Å²) in [5, 5.41) is 16.1. The highest BCUT2D eigenvalue weighted by Crippen LogP contribution is 2.38. The summed E-state index contributed by atoms with van der Waals surface area (Å²) < 4.78 is 11.1. The van der Waals surface area contributed by atoms with Crippen molar-refractivity contribution in [1.82, 2.24) is 5.32 Å². The Morgan fingerprint density at radius 1 is 1.30 bits per heavy atom. The molecule has 0 bridgehead atoms. The van der Waals surface area contributed by atoms with Gasteiger partial charge in [0.15, 0.2) is 0 Å². The van der Waals surface area contributed by atoms with E-state index in [9.17, 15) is 9.90 Å². The molecule has 0 aliphatic carbocycles. The molecule has 6 heteroatoms. The van der Waals surface area contributed by atoms with E-state index in [2.05, 4.69) is 10.6 Å². The molecular weight excluding hydrogens is 296 g/mol. The lowest BCUT2D eigenvalue weighted by molar-refractivity contribution is -0.116. The molecular formula is C17H26N2O4. The van der Waals surface area contributed by atoms with E-state index in [-0.39, 0.29) is 18.1 Å². The Bertz CT molecular complexity index is 566. The largest absolute Gasteiger partial charge is 0.495 e. The van der Waals surface area contributed by atoms with Crippen molar-refractivity contribution in [1.29, 1.82) is 0 Å². The lowest BCUT2D eigenvalue weighted by Crippen LogP contribution is -2.42. The maximum atomic E-state index is 11.6. The molecule has 1 aliphatic heterocycles. The smallest absolute Gasteiger partial charge is 0.224 e. The van der Waals surface area contributed by atoms with Gasteiger partial charge in [-0.2, -0.15) is 0 Å². The number of carbonyl (C=O) groups is 1. The van der Waals surface area contributed by atoms with Crippen LogP contribution in [0.3, 0.4) is 0 Å². The molecule has 1 amide bonds. The second-order valence-corrected chi connectivity index (χ2v) is 6.76. The summed E-state index contributed by atoms with van der Waals surface area (Å²) in [6.07, 6.45) is 0.416. The third kappa shape index (κ3) is 4.84. The van der Waals surface area contributed by atoms with Gasteiger partial charge in [0.2, 0.25) is 5.91 Å². The molecule has 2 rings (SSSR count). The van der Waals surface area contributed by atoms with Crippen molar-refractivity contribution in [2.24, 2.45) is 0 Å². The molecule has 6 nitrogen and oxygen atoms in total. The standard InChI is InChI=1S/C17H26N2O4/c1-17(2,3)18-9-11(20)10-23-13-6-7-14(22-4)16-12(13)5-8-15(21)19-16/h6-7,11,18,20H,5,8-10H2,1-4H3,(H,19,21).